The van der Waals surface area contributed by atoms with Crippen LogP contribution in [0, 0.1) is 5.92 Å². The van der Waals surface area contributed by atoms with Crippen LogP contribution in [0.1, 0.15) is 12.0 Å². The molecular weight excluding hydrogens is 202 g/mol. The highest BCUT2D eigenvalue weighted by Gasteiger charge is 2.22. The van der Waals surface area contributed by atoms with Gasteiger partial charge in [0.25, 0.3) is 0 Å². The molecule has 1 aromatic heterocycles. The molecule has 0 aromatic carbocycles. The molecule has 0 amide bonds. The van der Waals surface area contributed by atoms with Gasteiger partial charge in [-0.25, -0.2) is 4.98 Å². The van der Waals surface area contributed by atoms with Crippen molar-refractivity contribution in [3.63, 3.8) is 0 Å². The van der Waals surface area contributed by atoms with Gasteiger partial charge in [0, 0.05) is 38.4 Å². The number of aliphatic hydroxyl groups is 1. The van der Waals surface area contributed by atoms with Gasteiger partial charge in [-0.1, -0.05) is 6.07 Å². The maximum Gasteiger partial charge on any atom is 0.128 e. The molecule has 0 bridgehead atoms. The van der Waals surface area contributed by atoms with Crippen molar-refractivity contribution in [3.05, 3.63) is 23.9 Å². The van der Waals surface area contributed by atoms with Crippen LogP contribution in [0.15, 0.2) is 18.3 Å². The van der Waals surface area contributed by atoms with E-state index in [1.807, 2.05) is 13.2 Å². The van der Waals surface area contributed by atoms with Crippen LogP contribution in [-0.2, 0) is 6.54 Å². The Hall–Kier alpha value is -1.13. The SMILES string of the molecule is CNCc1ccc(N2CCC(CO)C2)nc1. The van der Waals surface area contributed by atoms with Crippen molar-refractivity contribution >= 4 is 5.82 Å². The lowest BCUT2D eigenvalue weighted by molar-refractivity contribution is 0.238. The Labute approximate surface area is 96.3 Å². The molecule has 0 saturated carbocycles. The summed E-state index contributed by atoms with van der Waals surface area (Å²) in [5.74, 6) is 1.44. The van der Waals surface area contributed by atoms with Crippen LogP contribution in [0.25, 0.3) is 0 Å². The van der Waals surface area contributed by atoms with E-state index in [0.29, 0.717) is 5.92 Å². The number of hydrogen-bond donors (Lipinski definition) is 2. The van der Waals surface area contributed by atoms with Crippen molar-refractivity contribution in [1.29, 1.82) is 0 Å². The van der Waals surface area contributed by atoms with E-state index in [0.717, 1.165) is 31.9 Å². The molecule has 88 valence electrons. The molecule has 2 N–H and O–H groups in total. The predicted molar refractivity (Wildman–Crippen MR) is 64.4 cm³/mol. The molecule has 0 spiro atoms. The summed E-state index contributed by atoms with van der Waals surface area (Å²) < 4.78 is 0. The van der Waals surface area contributed by atoms with E-state index in [4.69, 9.17) is 5.11 Å². The van der Waals surface area contributed by atoms with Gasteiger partial charge in [0.1, 0.15) is 5.82 Å². The molecular formula is C12H19N3O. The number of pyridine rings is 1. The molecule has 1 aliphatic rings. The third-order valence-corrected chi connectivity index (χ3v) is 3.06. The Morgan fingerprint density at radius 2 is 2.44 bits per heavy atom. The summed E-state index contributed by atoms with van der Waals surface area (Å²) in [6, 6.07) is 4.16. The van der Waals surface area contributed by atoms with Crippen molar-refractivity contribution in [2.24, 2.45) is 5.92 Å². The lowest BCUT2D eigenvalue weighted by atomic mass is 10.1. The molecule has 1 unspecified atom stereocenters. The highest BCUT2D eigenvalue weighted by Crippen LogP contribution is 2.21. The molecule has 0 aliphatic carbocycles. The fraction of sp³-hybridized carbons (Fsp3) is 0.583. The second-order valence-corrected chi connectivity index (χ2v) is 4.34. The number of hydrogen-bond acceptors (Lipinski definition) is 4. The summed E-state index contributed by atoms with van der Waals surface area (Å²) in [5.41, 5.74) is 1.20. The number of anilines is 1. The second kappa shape index (κ2) is 5.27. The summed E-state index contributed by atoms with van der Waals surface area (Å²) in [6.45, 7) is 3.07. The molecule has 1 aromatic rings. The zero-order chi connectivity index (χ0) is 11.4. The van der Waals surface area contributed by atoms with Gasteiger partial charge >= 0.3 is 0 Å². The predicted octanol–water partition coefficient (Wildman–Crippen LogP) is 0.620. The molecule has 4 heteroatoms. The van der Waals surface area contributed by atoms with E-state index in [-0.39, 0.29) is 6.61 Å². The van der Waals surface area contributed by atoms with Gasteiger partial charge in [-0.15, -0.1) is 0 Å². The van der Waals surface area contributed by atoms with Crippen molar-refractivity contribution in [1.82, 2.24) is 10.3 Å². The van der Waals surface area contributed by atoms with Gasteiger partial charge in [-0.05, 0) is 25.1 Å². The Balaban J connectivity index is 1.99. The number of nitrogens with one attached hydrogen (secondary N) is 1. The molecule has 4 nitrogen and oxygen atoms in total. The Morgan fingerprint density at radius 1 is 1.56 bits per heavy atom. The summed E-state index contributed by atoms with van der Waals surface area (Å²) >= 11 is 0. The van der Waals surface area contributed by atoms with E-state index >= 15 is 0 Å². The van der Waals surface area contributed by atoms with Crippen molar-refractivity contribution in [2.45, 2.75) is 13.0 Å². The fourth-order valence-corrected chi connectivity index (χ4v) is 2.10. The lowest BCUT2D eigenvalue weighted by Gasteiger charge is -2.17. The van der Waals surface area contributed by atoms with Gasteiger partial charge in [-0.3, -0.25) is 0 Å². The van der Waals surface area contributed by atoms with E-state index < -0.39 is 0 Å². The van der Waals surface area contributed by atoms with Crippen LogP contribution in [0.4, 0.5) is 5.82 Å². The van der Waals surface area contributed by atoms with Crippen molar-refractivity contribution < 1.29 is 5.11 Å². The minimum atomic E-state index is 0.286. The highest BCUT2D eigenvalue weighted by atomic mass is 16.3. The standard InChI is InChI=1S/C12H19N3O/c1-13-6-10-2-3-12(14-7-10)15-5-4-11(8-15)9-16/h2-3,7,11,13,16H,4-6,8-9H2,1H3. The number of aliphatic hydroxyl groups excluding tert-OH is 1. The zero-order valence-corrected chi connectivity index (χ0v) is 9.69. The van der Waals surface area contributed by atoms with Crippen molar-refractivity contribution in [3.8, 4) is 0 Å². The minimum absolute atomic E-state index is 0.286. The van der Waals surface area contributed by atoms with Crippen LogP contribution in [-0.4, -0.2) is 36.8 Å². The van der Waals surface area contributed by atoms with Crippen LogP contribution in [0.2, 0.25) is 0 Å². The van der Waals surface area contributed by atoms with E-state index in [2.05, 4.69) is 27.3 Å². The summed E-state index contributed by atoms with van der Waals surface area (Å²) in [5, 5.41) is 12.2. The first-order valence-corrected chi connectivity index (χ1v) is 5.79. The Kier molecular flexibility index (Phi) is 3.74. The average Bonchev–Trinajstić information content (AvgIpc) is 2.79. The van der Waals surface area contributed by atoms with Gasteiger partial charge in [0.05, 0.1) is 0 Å². The first-order valence-electron chi connectivity index (χ1n) is 5.79. The number of rotatable bonds is 4. The maximum absolute atomic E-state index is 9.09. The van der Waals surface area contributed by atoms with Crippen LogP contribution in [0.3, 0.4) is 0 Å². The third kappa shape index (κ3) is 2.51. The van der Waals surface area contributed by atoms with Gasteiger partial charge < -0.3 is 15.3 Å². The molecule has 1 fully saturated rings. The van der Waals surface area contributed by atoms with E-state index in [1.165, 1.54) is 5.56 Å². The highest BCUT2D eigenvalue weighted by molar-refractivity contribution is 5.40. The first-order chi connectivity index (χ1) is 7.83. The topological polar surface area (TPSA) is 48.4 Å². The van der Waals surface area contributed by atoms with Crippen LogP contribution in [0.5, 0.6) is 0 Å². The fourth-order valence-electron chi connectivity index (χ4n) is 2.10. The second-order valence-electron chi connectivity index (χ2n) is 4.34. The molecule has 0 radical (unpaired) electrons. The maximum atomic E-state index is 9.09. The molecule has 16 heavy (non-hydrogen) atoms. The first kappa shape index (κ1) is 11.4. The largest absolute Gasteiger partial charge is 0.396 e. The average molecular weight is 221 g/mol. The van der Waals surface area contributed by atoms with Crippen molar-refractivity contribution in [2.75, 3.05) is 31.6 Å². The van der Waals surface area contributed by atoms with E-state index in [1.54, 1.807) is 0 Å². The Morgan fingerprint density at radius 3 is 3.00 bits per heavy atom. The molecule has 1 atom stereocenters. The Bertz CT molecular complexity index is 326. The summed E-state index contributed by atoms with van der Waals surface area (Å²) in [7, 11) is 1.93. The van der Waals surface area contributed by atoms with E-state index in [9.17, 15) is 0 Å². The zero-order valence-electron chi connectivity index (χ0n) is 9.69. The monoisotopic (exact) mass is 221 g/mol. The van der Waals surface area contributed by atoms with Crippen LogP contribution >= 0.6 is 0 Å². The quantitative estimate of drug-likeness (QED) is 0.782. The molecule has 2 heterocycles. The molecule has 1 saturated heterocycles. The van der Waals surface area contributed by atoms with Gasteiger partial charge in [-0.2, -0.15) is 0 Å². The molecule has 1 aliphatic heterocycles. The lowest BCUT2D eigenvalue weighted by Crippen LogP contribution is -2.21. The summed E-state index contributed by atoms with van der Waals surface area (Å²) in [6.07, 6.45) is 2.98. The van der Waals surface area contributed by atoms with Crippen LogP contribution < -0.4 is 10.2 Å². The smallest absolute Gasteiger partial charge is 0.128 e. The normalized spacial score (nSPS) is 20.4. The molecule has 2 rings (SSSR count). The minimum Gasteiger partial charge on any atom is -0.396 e. The van der Waals surface area contributed by atoms with Gasteiger partial charge in [0.2, 0.25) is 0 Å². The van der Waals surface area contributed by atoms with Gasteiger partial charge in [0.15, 0.2) is 0 Å². The third-order valence-electron chi connectivity index (χ3n) is 3.06. The summed E-state index contributed by atoms with van der Waals surface area (Å²) in [4.78, 5) is 6.69. The number of nitrogens with zero attached hydrogens (tertiary/aromatic N) is 2. The number of aromatic nitrogens is 1.